The zero-order valence-corrected chi connectivity index (χ0v) is 10.9. The zero-order chi connectivity index (χ0) is 12.5. The highest BCUT2D eigenvalue weighted by Crippen LogP contribution is 2.37. The molecule has 2 nitrogen and oxygen atoms in total. The van der Waals surface area contributed by atoms with Crippen molar-refractivity contribution in [1.82, 2.24) is 4.98 Å². The molecule has 92 valence electrons. The molecule has 0 N–H and O–H groups in total. The lowest BCUT2D eigenvalue weighted by atomic mass is 9.86. The van der Waals surface area contributed by atoms with Crippen LogP contribution in [0.3, 0.4) is 0 Å². The van der Waals surface area contributed by atoms with E-state index in [-0.39, 0.29) is 6.04 Å². The van der Waals surface area contributed by atoms with E-state index in [1.165, 1.54) is 11.3 Å². The number of pyridine rings is 1. The topological polar surface area (TPSA) is 25.2 Å². The SMILES string of the molecule is CCC1=NC2c3nc(CC)ccc3C=C[C@H]2C=C1. The van der Waals surface area contributed by atoms with Crippen LogP contribution in [0.1, 0.15) is 43.3 Å². The van der Waals surface area contributed by atoms with Gasteiger partial charge in [0.2, 0.25) is 0 Å². The summed E-state index contributed by atoms with van der Waals surface area (Å²) in [6.07, 6.45) is 10.8. The van der Waals surface area contributed by atoms with Crippen molar-refractivity contribution in [1.29, 1.82) is 0 Å². The average molecular weight is 238 g/mol. The van der Waals surface area contributed by atoms with E-state index in [1.807, 2.05) is 0 Å². The maximum absolute atomic E-state index is 4.86. The predicted molar refractivity (Wildman–Crippen MR) is 75.7 cm³/mol. The van der Waals surface area contributed by atoms with E-state index < -0.39 is 0 Å². The first-order valence-corrected chi connectivity index (χ1v) is 6.74. The Labute approximate surface area is 108 Å². The van der Waals surface area contributed by atoms with Gasteiger partial charge in [0, 0.05) is 17.3 Å². The van der Waals surface area contributed by atoms with Gasteiger partial charge in [-0.15, -0.1) is 0 Å². The molecule has 0 spiro atoms. The summed E-state index contributed by atoms with van der Waals surface area (Å²) in [6, 6.07) is 4.48. The van der Waals surface area contributed by atoms with Crippen molar-refractivity contribution in [3.8, 4) is 0 Å². The molecule has 1 aliphatic carbocycles. The van der Waals surface area contributed by atoms with Crippen LogP contribution in [-0.2, 0) is 6.42 Å². The number of aromatic nitrogens is 1. The van der Waals surface area contributed by atoms with E-state index in [9.17, 15) is 0 Å². The van der Waals surface area contributed by atoms with Gasteiger partial charge in [0.15, 0.2) is 0 Å². The first-order valence-electron chi connectivity index (χ1n) is 6.74. The Morgan fingerprint density at radius 2 is 1.89 bits per heavy atom. The van der Waals surface area contributed by atoms with Crippen LogP contribution in [-0.4, -0.2) is 10.7 Å². The van der Waals surface area contributed by atoms with Crippen molar-refractivity contribution in [2.75, 3.05) is 0 Å². The van der Waals surface area contributed by atoms with Crippen LogP contribution in [0.15, 0.2) is 35.4 Å². The van der Waals surface area contributed by atoms with Crippen LogP contribution in [0, 0.1) is 5.92 Å². The molecule has 1 aromatic rings. The van der Waals surface area contributed by atoms with E-state index >= 15 is 0 Å². The Bertz CT molecular complexity index is 552. The summed E-state index contributed by atoms with van der Waals surface area (Å²) in [7, 11) is 0. The fraction of sp³-hybridized carbons (Fsp3) is 0.375. The van der Waals surface area contributed by atoms with Crippen LogP contribution in [0.25, 0.3) is 6.08 Å². The molecule has 2 heteroatoms. The molecule has 0 amide bonds. The second kappa shape index (κ2) is 4.52. The Morgan fingerprint density at radius 1 is 1.06 bits per heavy atom. The normalized spacial score (nSPS) is 24.4. The second-order valence-corrected chi connectivity index (χ2v) is 4.85. The zero-order valence-electron chi connectivity index (χ0n) is 10.9. The standard InChI is InChI=1S/C16H18N2/c1-3-13-9-7-11-5-6-12-8-10-14(4-2)18-16(12)15(11)17-13/h5-11,15H,3-4H2,1-2H3/t11-,15?/m0/s1. The van der Waals surface area contributed by atoms with Gasteiger partial charge in [-0.1, -0.05) is 38.1 Å². The highest BCUT2D eigenvalue weighted by molar-refractivity contribution is 5.95. The highest BCUT2D eigenvalue weighted by Gasteiger charge is 2.27. The molecule has 0 aromatic carbocycles. The first kappa shape index (κ1) is 11.4. The van der Waals surface area contributed by atoms with Gasteiger partial charge >= 0.3 is 0 Å². The summed E-state index contributed by atoms with van der Waals surface area (Å²) in [6.45, 7) is 4.30. The van der Waals surface area contributed by atoms with Crippen molar-refractivity contribution in [3.05, 3.63) is 47.3 Å². The highest BCUT2D eigenvalue weighted by atomic mass is 14.9. The summed E-state index contributed by atoms with van der Waals surface area (Å²) >= 11 is 0. The molecule has 2 aliphatic rings. The Kier molecular flexibility index (Phi) is 2.86. The predicted octanol–water partition coefficient (Wildman–Crippen LogP) is 3.75. The maximum Gasteiger partial charge on any atom is 0.103 e. The molecule has 2 atom stereocenters. The van der Waals surface area contributed by atoms with E-state index in [4.69, 9.17) is 9.98 Å². The van der Waals surface area contributed by atoms with E-state index in [1.54, 1.807) is 0 Å². The van der Waals surface area contributed by atoms with Gasteiger partial charge in [-0.2, -0.15) is 0 Å². The largest absolute Gasteiger partial charge is 0.279 e. The molecule has 0 radical (unpaired) electrons. The average Bonchev–Trinajstić information content (AvgIpc) is 2.45. The van der Waals surface area contributed by atoms with Crippen LogP contribution in [0.4, 0.5) is 0 Å². The van der Waals surface area contributed by atoms with Gasteiger partial charge in [-0.05, 0) is 30.5 Å². The fourth-order valence-corrected chi connectivity index (χ4v) is 2.57. The summed E-state index contributed by atoms with van der Waals surface area (Å²) in [5.41, 5.74) is 4.71. The molecule has 0 saturated heterocycles. The molecular weight excluding hydrogens is 220 g/mol. The maximum atomic E-state index is 4.86. The van der Waals surface area contributed by atoms with Gasteiger partial charge in [-0.3, -0.25) is 9.98 Å². The van der Waals surface area contributed by atoms with Gasteiger partial charge in [0.1, 0.15) is 6.04 Å². The van der Waals surface area contributed by atoms with Gasteiger partial charge in [-0.25, -0.2) is 0 Å². The van der Waals surface area contributed by atoms with Crippen molar-refractivity contribution >= 4 is 11.8 Å². The fourth-order valence-electron chi connectivity index (χ4n) is 2.57. The van der Waals surface area contributed by atoms with E-state index in [2.05, 4.69) is 50.3 Å². The lowest BCUT2D eigenvalue weighted by Gasteiger charge is -2.27. The quantitative estimate of drug-likeness (QED) is 0.770. The van der Waals surface area contributed by atoms with Crippen molar-refractivity contribution in [2.45, 2.75) is 32.7 Å². The smallest absolute Gasteiger partial charge is 0.103 e. The Morgan fingerprint density at radius 3 is 2.67 bits per heavy atom. The van der Waals surface area contributed by atoms with Crippen molar-refractivity contribution in [2.24, 2.45) is 10.9 Å². The molecule has 2 heterocycles. The Hall–Kier alpha value is -1.70. The minimum atomic E-state index is 0.191. The molecule has 0 bridgehead atoms. The lowest BCUT2D eigenvalue weighted by Crippen LogP contribution is -2.19. The number of rotatable bonds is 2. The van der Waals surface area contributed by atoms with Crippen molar-refractivity contribution in [3.63, 3.8) is 0 Å². The third-order valence-corrected chi connectivity index (χ3v) is 3.70. The van der Waals surface area contributed by atoms with E-state index in [0.29, 0.717) is 5.92 Å². The molecule has 1 aliphatic heterocycles. The summed E-state index contributed by atoms with van der Waals surface area (Å²) in [4.78, 5) is 9.65. The molecule has 1 aromatic heterocycles. The number of nitrogens with zero attached hydrogens (tertiary/aromatic N) is 2. The Balaban J connectivity index is 2.08. The summed E-state index contributed by atoms with van der Waals surface area (Å²) in [5, 5.41) is 0. The molecule has 3 rings (SSSR count). The van der Waals surface area contributed by atoms with Crippen LogP contribution < -0.4 is 0 Å². The molecule has 18 heavy (non-hydrogen) atoms. The number of aliphatic imine (C=N–C) groups is 1. The molecule has 1 unspecified atom stereocenters. The molecule has 0 fully saturated rings. The first-order chi connectivity index (χ1) is 8.81. The summed E-state index contributed by atoms with van der Waals surface area (Å²) < 4.78 is 0. The van der Waals surface area contributed by atoms with E-state index in [0.717, 1.165) is 24.2 Å². The van der Waals surface area contributed by atoms with Gasteiger partial charge in [0.25, 0.3) is 0 Å². The molecular formula is C16H18N2. The number of hydrogen-bond donors (Lipinski definition) is 0. The van der Waals surface area contributed by atoms with Crippen LogP contribution >= 0.6 is 0 Å². The summed E-state index contributed by atoms with van der Waals surface area (Å²) in [5.74, 6) is 0.382. The number of fused-ring (bicyclic) bond motifs is 3. The third kappa shape index (κ3) is 1.82. The second-order valence-electron chi connectivity index (χ2n) is 4.85. The van der Waals surface area contributed by atoms with Crippen LogP contribution in [0.2, 0.25) is 0 Å². The number of allylic oxidation sites excluding steroid dienone is 1. The number of hydrogen-bond acceptors (Lipinski definition) is 2. The monoisotopic (exact) mass is 238 g/mol. The van der Waals surface area contributed by atoms with Gasteiger partial charge < -0.3 is 0 Å². The minimum Gasteiger partial charge on any atom is -0.279 e. The van der Waals surface area contributed by atoms with Crippen molar-refractivity contribution < 1.29 is 0 Å². The van der Waals surface area contributed by atoms with Crippen LogP contribution in [0.5, 0.6) is 0 Å². The van der Waals surface area contributed by atoms with Gasteiger partial charge in [0.05, 0.1) is 5.69 Å². The number of aryl methyl sites for hydroxylation is 1. The molecule has 0 saturated carbocycles. The third-order valence-electron chi connectivity index (χ3n) is 3.70. The minimum absolute atomic E-state index is 0.191. The number of dihydropyridines is 1. The lowest BCUT2D eigenvalue weighted by molar-refractivity contribution is 0.586.